The number of hydrogen-bond acceptors (Lipinski definition) is 3. The first-order valence-electron chi connectivity index (χ1n) is 5.20. The van der Waals surface area contributed by atoms with Gasteiger partial charge in [-0.25, -0.2) is 0 Å². The van der Waals surface area contributed by atoms with Crippen LogP contribution in [-0.4, -0.2) is 48.2 Å². The Kier molecular flexibility index (Phi) is 3.89. The van der Waals surface area contributed by atoms with Gasteiger partial charge in [-0.15, -0.1) is 0 Å². The van der Waals surface area contributed by atoms with Crippen LogP contribution in [0.25, 0.3) is 0 Å². The minimum atomic E-state index is -0.364. The molecule has 0 aliphatic carbocycles. The van der Waals surface area contributed by atoms with Gasteiger partial charge in [0.15, 0.2) is 0 Å². The van der Waals surface area contributed by atoms with Gasteiger partial charge in [-0.3, -0.25) is 4.79 Å². The number of hydrogen-bond donors (Lipinski definition) is 2. The van der Waals surface area contributed by atoms with Crippen LogP contribution < -0.4 is 5.32 Å². The minimum Gasteiger partial charge on any atom is -0.391 e. The van der Waals surface area contributed by atoms with Gasteiger partial charge >= 0.3 is 0 Å². The Morgan fingerprint density at radius 3 is 2.79 bits per heavy atom. The summed E-state index contributed by atoms with van der Waals surface area (Å²) in [6.45, 7) is 5.11. The number of likely N-dealkylation sites (tertiary alicyclic amines) is 1. The summed E-state index contributed by atoms with van der Waals surface area (Å²) in [6.07, 6.45) is 0.528. The van der Waals surface area contributed by atoms with E-state index in [0.717, 1.165) is 13.0 Å². The molecule has 0 bridgehead atoms. The van der Waals surface area contributed by atoms with Crippen LogP contribution in [0.3, 0.4) is 0 Å². The second kappa shape index (κ2) is 4.75. The number of β-amino-alcohol motifs (C(OH)–C–C–N with tert-alkyl or cyclic N) is 1. The summed E-state index contributed by atoms with van der Waals surface area (Å²) in [5, 5.41) is 12.6. The van der Waals surface area contributed by atoms with Gasteiger partial charge in [0.1, 0.15) is 0 Å². The van der Waals surface area contributed by atoms with E-state index < -0.39 is 0 Å². The molecule has 1 heterocycles. The quantitative estimate of drug-likeness (QED) is 0.650. The van der Waals surface area contributed by atoms with E-state index in [-0.39, 0.29) is 18.1 Å². The lowest BCUT2D eigenvalue weighted by atomic mass is 9.96. The van der Waals surface area contributed by atoms with Crippen molar-refractivity contribution in [2.24, 2.45) is 5.92 Å². The van der Waals surface area contributed by atoms with Crippen molar-refractivity contribution < 1.29 is 9.90 Å². The van der Waals surface area contributed by atoms with E-state index in [1.165, 1.54) is 0 Å². The van der Waals surface area contributed by atoms with Crippen molar-refractivity contribution in [3.63, 3.8) is 0 Å². The number of rotatable bonds is 2. The predicted octanol–water partition coefficient (Wildman–Crippen LogP) is -0.176. The lowest BCUT2D eigenvalue weighted by Gasteiger charge is -2.35. The topological polar surface area (TPSA) is 52.6 Å². The molecular weight excluding hydrogens is 180 g/mol. The fourth-order valence-electron chi connectivity index (χ4n) is 1.65. The monoisotopic (exact) mass is 200 g/mol. The zero-order chi connectivity index (χ0) is 10.7. The Balaban J connectivity index is 2.50. The first-order valence-corrected chi connectivity index (χ1v) is 5.20. The van der Waals surface area contributed by atoms with E-state index in [4.69, 9.17) is 0 Å². The molecule has 0 aromatic heterocycles. The maximum Gasteiger partial charge on any atom is 0.239 e. The fourth-order valence-corrected chi connectivity index (χ4v) is 1.65. The van der Waals surface area contributed by atoms with Crippen LogP contribution >= 0.6 is 0 Å². The SMILES string of the molecule is CN[C@@H](C)C(=O)N1CCC(C)C(O)C1. The van der Waals surface area contributed by atoms with Crippen LogP contribution in [0.1, 0.15) is 20.3 Å². The molecule has 0 saturated carbocycles. The lowest BCUT2D eigenvalue weighted by molar-refractivity contribution is -0.137. The van der Waals surface area contributed by atoms with E-state index in [1.807, 2.05) is 13.8 Å². The van der Waals surface area contributed by atoms with E-state index >= 15 is 0 Å². The van der Waals surface area contributed by atoms with E-state index in [1.54, 1.807) is 11.9 Å². The summed E-state index contributed by atoms with van der Waals surface area (Å²) < 4.78 is 0. The zero-order valence-corrected chi connectivity index (χ0v) is 9.16. The fraction of sp³-hybridized carbons (Fsp3) is 0.900. The van der Waals surface area contributed by atoms with Gasteiger partial charge in [-0.1, -0.05) is 6.92 Å². The molecule has 4 heteroatoms. The number of carbonyl (C=O) groups is 1. The molecule has 1 amide bonds. The number of nitrogens with zero attached hydrogens (tertiary/aromatic N) is 1. The second-order valence-corrected chi connectivity index (χ2v) is 4.13. The number of likely N-dealkylation sites (N-methyl/N-ethyl adjacent to an activating group) is 1. The van der Waals surface area contributed by atoms with Crippen molar-refractivity contribution in [3.8, 4) is 0 Å². The molecular formula is C10H20N2O2. The van der Waals surface area contributed by atoms with E-state index in [2.05, 4.69) is 5.32 Å². The van der Waals surface area contributed by atoms with Gasteiger partial charge in [0, 0.05) is 13.1 Å². The van der Waals surface area contributed by atoms with Gasteiger partial charge in [-0.05, 0) is 26.3 Å². The standard InChI is InChI=1S/C10H20N2O2/c1-7-4-5-12(6-9(7)13)10(14)8(2)11-3/h7-9,11,13H,4-6H2,1-3H3/t7?,8-,9?/m0/s1. The molecule has 4 nitrogen and oxygen atoms in total. The molecule has 3 atom stereocenters. The molecule has 1 saturated heterocycles. The third kappa shape index (κ3) is 2.45. The number of piperidine rings is 1. The largest absolute Gasteiger partial charge is 0.391 e. The van der Waals surface area contributed by atoms with Crippen LogP contribution in [0.2, 0.25) is 0 Å². The Bertz CT molecular complexity index is 208. The summed E-state index contributed by atoms with van der Waals surface area (Å²) in [7, 11) is 1.77. The van der Waals surface area contributed by atoms with Crippen LogP contribution in [0, 0.1) is 5.92 Å². The molecule has 1 fully saturated rings. The number of amides is 1. The summed E-state index contributed by atoms with van der Waals surface area (Å²) in [6, 6.07) is -0.157. The molecule has 0 radical (unpaired) electrons. The smallest absolute Gasteiger partial charge is 0.239 e. The summed E-state index contributed by atoms with van der Waals surface area (Å²) in [4.78, 5) is 13.5. The average molecular weight is 200 g/mol. The molecule has 1 aliphatic rings. The Morgan fingerprint density at radius 2 is 2.29 bits per heavy atom. The van der Waals surface area contributed by atoms with Gasteiger partial charge in [-0.2, -0.15) is 0 Å². The number of aliphatic hydroxyl groups is 1. The van der Waals surface area contributed by atoms with Crippen LogP contribution in [0.15, 0.2) is 0 Å². The van der Waals surface area contributed by atoms with Crippen molar-refractivity contribution >= 4 is 5.91 Å². The molecule has 2 N–H and O–H groups in total. The molecule has 0 aromatic carbocycles. The highest BCUT2D eigenvalue weighted by atomic mass is 16.3. The molecule has 14 heavy (non-hydrogen) atoms. The van der Waals surface area contributed by atoms with Crippen LogP contribution in [0.4, 0.5) is 0 Å². The van der Waals surface area contributed by atoms with Gasteiger partial charge in [0.25, 0.3) is 0 Å². The summed E-state index contributed by atoms with van der Waals surface area (Å²) in [5.74, 6) is 0.391. The molecule has 1 rings (SSSR count). The zero-order valence-electron chi connectivity index (χ0n) is 9.16. The molecule has 82 valence electrons. The van der Waals surface area contributed by atoms with Crippen LogP contribution in [0.5, 0.6) is 0 Å². The highest BCUT2D eigenvalue weighted by Crippen LogP contribution is 2.17. The van der Waals surface area contributed by atoms with E-state index in [0.29, 0.717) is 12.5 Å². The van der Waals surface area contributed by atoms with Crippen molar-refractivity contribution in [1.29, 1.82) is 0 Å². The molecule has 0 aromatic rings. The first-order chi connectivity index (χ1) is 6.56. The Morgan fingerprint density at radius 1 is 1.64 bits per heavy atom. The molecule has 0 spiro atoms. The Hall–Kier alpha value is -0.610. The Labute approximate surface area is 85.3 Å². The third-order valence-electron chi connectivity index (χ3n) is 3.03. The van der Waals surface area contributed by atoms with Gasteiger partial charge in [0.2, 0.25) is 5.91 Å². The summed E-state index contributed by atoms with van der Waals surface area (Å²) in [5.41, 5.74) is 0. The third-order valence-corrected chi connectivity index (χ3v) is 3.03. The maximum absolute atomic E-state index is 11.7. The van der Waals surface area contributed by atoms with E-state index in [9.17, 15) is 9.90 Å². The molecule has 1 aliphatic heterocycles. The highest BCUT2D eigenvalue weighted by molar-refractivity contribution is 5.81. The van der Waals surface area contributed by atoms with Crippen molar-refractivity contribution in [1.82, 2.24) is 10.2 Å². The second-order valence-electron chi connectivity index (χ2n) is 4.13. The number of nitrogens with one attached hydrogen (secondary N) is 1. The minimum absolute atomic E-state index is 0.0819. The van der Waals surface area contributed by atoms with Gasteiger partial charge < -0.3 is 15.3 Å². The normalized spacial score (nSPS) is 30.1. The van der Waals surface area contributed by atoms with Crippen molar-refractivity contribution in [3.05, 3.63) is 0 Å². The first kappa shape index (κ1) is 11.5. The summed E-state index contributed by atoms with van der Waals surface area (Å²) >= 11 is 0. The van der Waals surface area contributed by atoms with Crippen LogP contribution in [-0.2, 0) is 4.79 Å². The highest BCUT2D eigenvalue weighted by Gasteiger charge is 2.28. The average Bonchev–Trinajstić information content (AvgIpc) is 2.20. The lowest BCUT2D eigenvalue weighted by Crippen LogP contribution is -2.51. The predicted molar refractivity (Wildman–Crippen MR) is 54.9 cm³/mol. The van der Waals surface area contributed by atoms with Crippen molar-refractivity contribution in [2.75, 3.05) is 20.1 Å². The number of carbonyl (C=O) groups excluding carboxylic acids is 1. The van der Waals surface area contributed by atoms with Crippen molar-refractivity contribution in [2.45, 2.75) is 32.4 Å². The van der Waals surface area contributed by atoms with Gasteiger partial charge in [0.05, 0.1) is 12.1 Å². The molecule has 2 unspecified atom stereocenters. The number of aliphatic hydroxyl groups excluding tert-OH is 1. The maximum atomic E-state index is 11.7.